The van der Waals surface area contributed by atoms with Crippen molar-refractivity contribution in [3.8, 4) is 0 Å². The van der Waals surface area contributed by atoms with Crippen LogP contribution in [-0.4, -0.2) is 16.3 Å². The molecule has 0 atom stereocenters. The summed E-state index contributed by atoms with van der Waals surface area (Å²) in [6.45, 7) is 5.29. The second-order valence-electron chi connectivity index (χ2n) is 6.55. The molecule has 0 amide bonds. The summed E-state index contributed by atoms with van der Waals surface area (Å²) in [5.74, 6) is 0. The van der Waals surface area contributed by atoms with Gasteiger partial charge in [0.1, 0.15) is 0 Å². The SMILES string of the molecule is CCC(CC)n1ccc(CC2(CN)CCCCCC2)n1. The van der Waals surface area contributed by atoms with Crippen LogP contribution in [0.4, 0.5) is 0 Å². The number of nitrogens with zero attached hydrogens (tertiary/aromatic N) is 2. The Labute approximate surface area is 123 Å². The van der Waals surface area contributed by atoms with E-state index in [1.165, 1.54) is 44.2 Å². The quantitative estimate of drug-likeness (QED) is 0.796. The minimum Gasteiger partial charge on any atom is -0.330 e. The predicted octanol–water partition coefficient (Wildman–Crippen LogP) is 4.09. The molecular weight excluding hydrogens is 246 g/mol. The van der Waals surface area contributed by atoms with Crippen LogP contribution in [-0.2, 0) is 6.42 Å². The summed E-state index contributed by atoms with van der Waals surface area (Å²) in [4.78, 5) is 0. The van der Waals surface area contributed by atoms with Crippen molar-refractivity contribution in [3.05, 3.63) is 18.0 Å². The lowest BCUT2D eigenvalue weighted by Gasteiger charge is -2.30. The van der Waals surface area contributed by atoms with E-state index in [9.17, 15) is 0 Å². The molecule has 1 fully saturated rings. The van der Waals surface area contributed by atoms with Crippen molar-refractivity contribution in [1.82, 2.24) is 9.78 Å². The average molecular weight is 277 g/mol. The zero-order valence-electron chi connectivity index (χ0n) is 13.3. The van der Waals surface area contributed by atoms with Crippen molar-refractivity contribution in [3.63, 3.8) is 0 Å². The van der Waals surface area contributed by atoms with Crippen molar-refractivity contribution < 1.29 is 0 Å². The maximum atomic E-state index is 6.14. The average Bonchev–Trinajstić information content (AvgIpc) is 2.78. The summed E-state index contributed by atoms with van der Waals surface area (Å²) in [5.41, 5.74) is 7.69. The summed E-state index contributed by atoms with van der Waals surface area (Å²) in [6.07, 6.45) is 13.5. The molecule has 2 N–H and O–H groups in total. The minimum absolute atomic E-state index is 0.309. The fraction of sp³-hybridized carbons (Fsp3) is 0.824. The Hall–Kier alpha value is -0.830. The Morgan fingerprint density at radius 2 is 1.85 bits per heavy atom. The van der Waals surface area contributed by atoms with E-state index < -0.39 is 0 Å². The molecule has 0 unspecified atom stereocenters. The minimum atomic E-state index is 0.309. The van der Waals surface area contributed by atoms with E-state index in [-0.39, 0.29) is 0 Å². The van der Waals surface area contributed by atoms with Gasteiger partial charge in [-0.25, -0.2) is 0 Å². The Bertz CT molecular complexity index is 385. The van der Waals surface area contributed by atoms with E-state index in [4.69, 9.17) is 10.8 Å². The zero-order valence-corrected chi connectivity index (χ0v) is 13.3. The van der Waals surface area contributed by atoms with E-state index >= 15 is 0 Å². The van der Waals surface area contributed by atoms with Crippen LogP contribution in [0.1, 0.15) is 76.9 Å². The molecular formula is C17H31N3. The van der Waals surface area contributed by atoms with Gasteiger partial charge in [-0.15, -0.1) is 0 Å². The monoisotopic (exact) mass is 277 g/mol. The fourth-order valence-corrected chi connectivity index (χ4v) is 3.65. The molecule has 0 bridgehead atoms. The number of rotatable bonds is 6. The van der Waals surface area contributed by atoms with Gasteiger partial charge in [0, 0.05) is 6.20 Å². The normalized spacial score (nSPS) is 19.2. The maximum absolute atomic E-state index is 6.14. The van der Waals surface area contributed by atoms with Crippen molar-refractivity contribution in [2.45, 2.75) is 77.7 Å². The lowest BCUT2D eigenvalue weighted by Crippen LogP contribution is -2.32. The first kappa shape index (κ1) is 15.6. The molecule has 1 aromatic heterocycles. The fourth-order valence-electron chi connectivity index (χ4n) is 3.65. The van der Waals surface area contributed by atoms with Gasteiger partial charge in [-0.2, -0.15) is 5.10 Å². The summed E-state index contributed by atoms with van der Waals surface area (Å²) in [6, 6.07) is 2.76. The third-order valence-electron chi connectivity index (χ3n) is 5.13. The van der Waals surface area contributed by atoms with Crippen LogP contribution < -0.4 is 5.73 Å². The first-order valence-electron chi connectivity index (χ1n) is 8.47. The van der Waals surface area contributed by atoms with Crippen LogP contribution in [0.25, 0.3) is 0 Å². The molecule has 0 aliphatic heterocycles. The number of hydrogen-bond donors (Lipinski definition) is 1. The summed E-state index contributed by atoms with van der Waals surface area (Å²) >= 11 is 0. The van der Waals surface area contributed by atoms with Crippen LogP contribution in [0.15, 0.2) is 12.3 Å². The predicted molar refractivity (Wildman–Crippen MR) is 84.7 cm³/mol. The third-order valence-corrected chi connectivity index (χ3v) is 5.13. The van der Waals surface area contributed by atoms with E-state index in [2.05, 4.69) is 30.8 Å². The van der Waals surface area contributed by atoms with Crippen molar-refractivity contribution in [2.75, 3.05) is 6.54 Å². The van der Waals surface area contributed by atoms with Crippen LogP contribution in [0.3, 0.4) is 0 Å². The Morgan fingerprint density at radius 3 is 2.40 bits per heavy atom. The van der Waals surface area contributed by atoms with Crippen molar-refractivity contribution in [2.24, 2.45) is 11.1 Å². The molecule has 0 spiro atoms. The molecule has 0 saturated heterocycles. The molecule has 1 saturated carbocycles. The van der Waals surface area contributed by atoms with Crippen LogP contribution in [0.5, 0.6) is 0 Å². The van der Waals surface area contributed by atoms with E-state index in [1.807, 2.05) is 0 Å². The maximum Gasteiger partial charge on any atom is 0.0630 e. The zero-order chi connectivity index (χ0) is 14.4. The molecule has 20 heavy (non-hydrogen) atoms. The van der Waals surface area contributed by atoms with Gasteiger partial charge in [-0.05, 0) is 50.1 Å². The highest BCUT2D eigenvalue weighted by Crippen LogP contribution is 2.37. The van der Waals surface area contributed by atoms with Gasteiger partial charge in [-0.1, -0.05) is 39.5 Å². The van der Waals surface area contributed by atoms with Crippen LogP contribution in [0.2, 0.25) is 0 Å². The lowest BCUT2D eigenvalue weighted by atomic mass is 9.76. The number of hydrogen-bond acceptors (Lipinski definition) is 2. The highest BCUT2D eigenvalue weighted by molar-refractivity contribution is 5.05. The molecule has 1 heterocycles. The van der Waals surface area contributed by atoms with Gasteiger partial charge in [0.05, 0.1) is 11.7 Å². The van der Waals surface area contributed by atoms with Crippen molar-refractivity contribution >= 4 is 0 Å². The molecule has 1 aliphatic rings. The first-order valence-corrected chi connectivity index (χ1v) is 8.47. The molecule has 1 aliphatic carbocycles. The lowest BCUT2D eigenvalue weighted by molar-refractivity contribution is 0.248. The smallest absolute Gasteiger partial charge is 0.0630 e. The third kappa shape index (κ3) is 3.63. The van der Waals surface area contributed by atoms with Crippen molar-refractivity contribution in [1.29, 1.82) is 0 Å². The van der Waals surface area contributed by atoms with Crippen LogP contribution >= 0.6 is 0 Å². The van der Waals surface area contributed by atoms with Gasteiger partial charge in [0.15, 0.2) is 0 Å². The van der Waals surface area contributed by atoms with Gasteiger partial charge in [-0.3, -0.25) is 4.68 Å². The van der Waals surface area contributed by atoms with Gasteiger partial charge in [0.2, 0.25) is 0 Å². The van der Waals surface area contributed by atoms with Crippen LogP contribution in [0, 0.1) is 5.41 Å². The Morgan fingerprint density at radius 1 is 1.20 bits per heavy atom. The van der Waals surface area contributed by atoms with Gasteiger partial charge >= 0.3 is 0 Å². The Kier molecular flexibility index (Phi) is 5.64. The second-order valence-corrected chi connectivity index (χ2v) is 6.55. The van der Waals surface area contributed by atoms with E-state index in [0.29, 0.717) is 11.5 Å². The molecule has 0 radical (unpaired) electrons. The molecule has 114 valence electrons. The highest BCUT2D eigenvalue weighted by Gasteiger charge is 2.30. The molecule has 2 rings (SSSR count). The molecule has 1 aromatic rings. The number of nitrogens with two attached hydrogens (primary N) is 1. The van der Waals surface area contributed by atoms with E-state index in [0.717, 1.165) is 25.8 Å². The molecule has 0 aromatic carbocycles. The Balaban J connectivity index is 2.07. The van der Waals surface area contributed by atoms with Gasteiger partial charge < -0.3 is 5.73 Å². The summed E-state index contributed by atoms with van der Waals surface area (Å²) < 4.78 is 2.16. The largest absolute Gasteiger partial charge is 0.330 e. The molecule has 3 nitrogen and oxygen atoms in total. The second kappa shape index (κ2) is 7.26. The first-order chi connectivity index (χ1) is 9.73. The summed E-state index contributed by atoms with van der Waals surface area (Å²) in [7, 11) is 0. The summed E-state index contributed by atoms with van der Waals surface area (Å²) in [5, 5.41) is 4.83. The molecule has 3 heteroatoms. The topological polar surface area (TPSA) is 43.8 Å². The van der Waals surface area contributed by atoms with E-state index in [1.54, 1.807) is 0 Å². The number of aromatic nitrogens is 2. The van der Waals surface area contributed by atoms with Gasteiger partial charge in [0.25, 0.3) is 0 Å². The standard InChI is InChI=1S/C17H31N3/c1-3-16(4-2)20-12-9-15(19-20)13-17(14-18)10-7-5-6-8-11-17/h9,12,16H,3-8,10-11,13-14,18H2,1-2H3. The highest BCUT2D eigenvalue weighted by atomic mass is 15.3.